The summed E-state index contributed by atoms with van der Waals surface area (Å²) in [6.45, 7) is 6.80. The predicted molar refractivity (Wildman–Crippen MR) is 124 cm³/mol. The van der Waals surface area contributed by atoms with Crippen molar-refractivity contribution in [2.45, 2.75) is 24.9 Å². The minimum atomic E-state index is -0.216. The molecular formula is C24H27FN4OS. The molecule has 1 aliphatic heterocycles. The van der Waals surface area contributed by atoms with Gasteiger partial charge in [0.1, 0.15) is 5.82 Å². The second-order valence-corrected chi connectivity index (χ2v) is 8.84. The van der Waals surface area contributed by atoms with Crippen LogP contribution in [0.1, 0.15) is 25.3 Å². The van der Waals surface area contributed by atoms with Crippen molar-refractivity contribution in [2.75, 3.05) is 36.8 Å². The molecule has 2 aromatic carbocycles. The molecule has 4 rings (SSSR count). The normalized spacial score (nSPS) is 14.3. The van der Waals surface area contributed by atoms with E-state index < -0.39 is 0 Å². The van der Waals surface area contributed by atoms with Crippen LogP contribution in [-0.4, -0.2) is 52.3 Å². The molecule has 162 valence electrons. The summed E-state index contributed by atoms with van der Waals surface area (Å²) < 4.78 is 16.1. The van der Waals surface area contributed by atoms with Gasteiger partial charge in [-0.05, 0) is 29.7 Å². The van der Waals surface area contributed by atoms with E-state index in [1.165, 1.54) is 23.4 Å². The SMILES string of the molecule is CC(C)c1ccccc1-n1ccnc1SCC(=O)N1CCN(c2ccccc2F)CC1. The molecule has 5 nitrogen and oxygen atoms in total. The van der Waals surface area contributed by atoms with Gasteiger partial charge in [-0.15, -0.1) is 0 Å². The van der Waals surface area contributed by atoms with Gasteiger partial charge in [0.2, 0.25) is 5.91 Å². The lowest BCUT2D eigenvalue weighted by molar-refractivity contribution is -0.128. The van der Waals surface area contributed by atoms with Gasteiger partial charge in [0.05, 0.1) is 17.1 Å². The number of aromatic nitrogens is 2. The minimum absolute atomic E-state index is 0.0879. The van der Waals surface area contributed by atoms with E-state index in [9.17, 15) is 9.18 Å². The Kier molecular flexibility index (Phi) is 6.61. The van der Waals surface area contributed by atoms with Crippen molar-refractivity contribution in [3.05, 3.63) is 72.3 Å². The largest absolute Gasteiger partial charge is 0.366 e. The average molecular weight is 439 g/mol. The van der Waals surface area contributed by atoms with Crippen LogP contribution in [0.4, 0.5) is 10.1 Å². The zero-order chi connectivity index (χ0) is 21.8. The number of carbonyl (C=O) groups excluding carboxylic acids is 1. The highest BCUT2D eigenvalue weighted by atomic mass is 32.2. The maximum Gasteiger partial charge on any atom is 0.233 e. The highest BCUT2D eigenvalue weighted by Gasteiger charge is 2.23. The van der Waals surface area contributed by atoms with E-state index in [-0.39, 0.29) is 11.7 Å². The molecule has 1 fully saturated rings. The first-order valence-corrected chi connectivity index (χ1v) is 11.6. The summed E-state index contributed by atoms with van der Waals surface area (Å²) in [6.07, 6.45) is 3.72. The van der Waals surface area contributed by atoms with Gasteiger partial charge < -0.3 is 9.80 Å². The fraction of sp³-hybridized carbons (Fsp3) is 0.333. The molecule has 0 unspecified atom stereocenters. The molecule has 1 aliphatic rings. The molecule has 7 heteroatoms. The Hall–Kier alpha value is -2.80. The Bertz CT molecular complexity index is 1040. The van der Waals surface area contributed by atoms with Crippen LogP contribution in [0.5, 0.6) is 0 Å². The Labute approximate surface area is 186 Å². The molecule has 0 atom stereocenters. The van der Waals surface area contributed by atoms with Crippen molar-refractivity contribution in [1.82, 2.24) is 14.5 Å². The van der Waals surface area contributed by atoms with Gasteiger partial charge in [0, 0.05) is 38.6 Å². The Morgan fingerprint density at radius 2 is 1.71 bits per heavy atom. The Balaban J connectivity index is 1.37. The first-order valence-electron chi connectivity index (χ1n) is 10.6. The number of hydrogen-bond donors (Lipinski definition) is 0. The number of benzene rings is 2. The summed E-state index contributed by atoms with van der Waals surface area (Å²) in [4.78, 5) is 21.1. The summed E-state index contributed by atoms with van der Waals surface area (Å²) >= 11 is 1.46. The first kappa shape index (κ1) is 21.4. The molecule has 0 spiro atoms. The molecular weight excluding hydrogens is 411 g/mol. The van der Waals surface area contributed by atoms with Crippen LogP contribution < -0.4 is 4.90 Å². The average Bonchev–Trinajstić information content (AvgIpc) is 3.26. The van der Waals surface area contributed by atoms with E-state index in [1.807, 2.05) is 34.2 Å². The molecule has 0 radical (unpaired) electrons. The number of imidazole rings is 1. The van der Waals surface area contributed by atoms with E-state index in [0.717, 1.165) is 10.8 Å². The molecule has 2 heterocycles. The number of thioether (sulfide) groups is 1. The van der Waals surface area contributed by atoms with E-state index in [2.05, 4.69) is 35.5 Å². The molecule has 1 saturated heterocycles. The number of rotatable bonds is 6. The van der Waals surface area contributed by atoms with Crippen molar-refractivity contribution in [3.8, 4) is 5.69 Å². The lowest BCUT2D eigenvalue weighted by Gasteiger charge is -2.36. The van der Waals surface area contributed by atoms with Gasteiger partial charge in [0.25, 0.3) is 0 Å². The van der Waals surface area contributed by atoms with Gasteiger partial charge in [-0.3, -0.25) is 9.36 Å². The lowest BCUT2D eigenvalue weighted by Crippen LogP contribution is -2.49. The number of halogens is 1. The lowest BCUT2D eigenvalue weighted by atomic mass is 10.0. The fourth-order valence-electron chi connectivity index (χ4n) is 3.90. The van der Waals surface area contributed by atoms with Crippen LogP contribution in [-0.2, 0) is 4.79 Å². The van der Waals surface area contributed by atoms with Crippen molar-refractivity contribution in [3.63, 3.8) is 0 Å². The predicted octanol–water partition coefficient (Wildman–Crippen LogP) is 4.58. The van der Waals surface area contributed by atoms with Crippen molar-refractivity contribution < 1.29 is 9.18 Å². The topological polar surface area (TPSA) is 41.4 Å². The second-order valence-electron chi connectivity index (χ2n) is 7.90. The smallest absolute Gasteiger partial charge is 0.233 e. The number of carbonyl (C=O) groups is 1. The number of para-hydroxylation sites is 2. The zero-order valence-electron chi connectivity index (χ0n) is 17.9. The highest BCUT2D eigenvalue weighted by molar-refractivity contribution is 7.99. The highest BCUT2D eigenvalue weighted by Crippen LogP contribution is 2.27. The number of hydrogen-bond acceptors (Lipinski definition) is 4. The van der Waals surface area contributed by atoms with Crippen molar-refractivity contribution in [1.29, 1.82) is 0 Å². The third-order valence-electron chi connectivity index (χ3n) is 5.58. The number of nitrogens with zero attached hydrogens (tertiary/aromatic N) is 4. The molecule has 1 amide bonds. The molecule has 31 heavy (non-hydrogen) atoms. The van der Waals surface area contributed by atoms with Gasteiger partial charge in [-0.1, -0.05) is 55.9 Å². The van der Waals surface area contributed by atoms with E-state index in [4.69, 9.17) is 0 Å². The van der Waals surface area contributed by atoms with E-state index in [1.54, 1.807) is 18.3 Å². The molecule has 0 bridgehead atoms. The Morgan fingerprint density at radius 1 is 1.03 bits per heavy atom. The number of piperazine rings is 1. The van der Waals surface area contributed by atoms with Crippen molar-refractivity contribution >= 4 is 23.4 Å². The summed E-state index contributed by atoms with van der Waals surface area (Å²) in [7, 11) is 0. The minimum Gasteiger partial charge on any atom is -0.366 e. The monoisotopic (exact) mass is 438 g/mol. The number of anilines is 1. The molecule has 0 aliphatic carbocycles. The van der Waals surface area contributed by atoms with Crippen LogP contribution in [0, 0.1) is 5.82 Å². The summed E-state index contributed by atoms with van der Waals surface area (Å²) in [5.74, 6) is 0.598. The maximum absolute atomic E-state index is 14.0. The van der Waals surface area contributed by atoms with Gasteiger partial charge >= 0.3 is 0 Å². The quantitative estimate of drug-likeness (QED) is 0.529. The molecule has 0 saturated carbocycles. The molecule has 1 aromatic heterocycles. The van der Waals surface area contributed by atoms with Gasteiger partial charge in [-0.2, -0.15) is 0 Å². The molecule has 0 N–H and O–H groups in total. The first-order chi connectivity index (χ1) is 15.0. The van der Waals surface area contributed by atoms with Crippen molar-refractivity contribution in [2.24, 2.45) is 0 Å². The standard InChI is InChI=1S/C24H27FN4OS/c1-18(2)19-7-3-5-9-21(19)29-12-11-26-24(29)31-17-23(30)28-15-13-27(14-16-28)22-10-6-4-8-20(22)25/h3-12,18H,13-17H2,1-2H3. The summed E-state index contributed by atoms with van der Waals surface area (Å²) in [6, 6.07) is 15.1. The maximum atomic E-state index is 14.0. The number of amides is 1. The Morgan fingerprint density at radius 3 is 2.42 bits per heavy atom. The van der Waals surface area contributed by atoms with Crippen LogP contribution in [0.3, 0.4) is 0 Å². The van der Waals surface area contributed by atoms with Crippen LogP contribution >= 0.6 is 11.8 Å². The third-order valence-corrected chi connectivity index (χ3v) is 6.53. The van der Waals surface area contributed by atoms with Gasteiger partial charge in [0.15, 0.2) is 5.16 Å². The summed E-state index contributed by atoms with van der Waals surface area (Å²) in [5, 5.41) is 0.812. The zero-order valence-corrected chi connectivity index (χ0v) is 18.7. The third kappa shape index (κ3) is 4.77. The van der Waals surface area contributed by atoms with E-state index >= 15 is 0 Å². The summed E-state index contributed by atoms with van der Waals surface area (Å²) in [5.41, 5.74) is 2.95. The van der Waals surface area contributed by atoms with Crippen LogP contribution in [0.25, 0.3) is 5.69 Å². The second kappa shape index (κ2) is 9.56. The fourth-order valence-corrected chi connectivity index (χ4v) is 4.77. The molecule has 3 aromatic rings. The van der Waals surface area contributed by atoms with E-state index in [0.29, 0.717) is 43.5 Å². The van der Waals surface area contributed by atoms with Crippen LogP contribution in [0.15, 0.2) is 66.1 Å². The van der Waals surface area contributed by atoms with Crippen LogP contribution in [0.2, 0.25) is 0 Å². The van der Waals surface area contributed by atoms with Gasteiger partial charge in [-0.25, -0.2) is 9.37 Å².